The molecule has 0 radical (unpaired) electrons. The summed E-state index contributed by atoms with van der Waals surface area (Å²) in [5, 5.41) is 0.459. The van der Waals surface area contributed by atoms with Gasteiger partial charge in [0, 0.05) is 17.6 Å². The largest absolute Gasteiger partial charge is 0.405 e. The molecule has 2 atom stereocenters. The van der Waals surface area contributed by atoms with Crippen LogP contribution in [0, 0.1) is 0 Å². The van der Waals surface area contributed by atoms with E-state index >= 15 is 0 Å². The van der Waals surface area contributed by atoms with E-state index in [9.17, 15) is 13.2 Å². The predicted octanol–water partition coefficient (Wildman–Crippen LogP) is 3.44. The summed E-state index contributed by atoms with van der Waals surface area (Å²) >= 11 is 5.96. The smallest absolute Gasteiger partial charge is 0.326 e. The molecule has 2 nitrogen and oxygen atoms in total. The van der Waals surface area contributed by atoms with Gasteiger partial charge in [-0.15, -0.1) is 0 Å². The van der Waals surface area contributed by atoms with Crippen LogP contribution in [-0.2, 0) is 6.54 Å². The zero-order valence-electron chi connectivity index (χ0n) is 10.9. The number of nitrogens with two attached hydrogens (primary N) is 1. The summed E-state index contributed by atoms with van der Waals surface area (Å²) in [5.41, 5.74) is 6.26. The van der Waals surface area contributed by atoms with Gasteiger partial charge in [0.25, 0.3) is 0 Å². The van der Waals surface area contributed by atoms with E-state index in [4.69, 9.17) is 17.3 Å². The van der Waals surface area contributed by atoms with E-state index in [1.54, 1.807) is 31.2 Å². The molecule has 1 aromatic carbocycles. The van der Waals surface area contributed by atoms with Gasteiger partial charge < -0.3 is 5.73 Å². The van der Waals surface area contributed by atoms with E-state index in [1.807, 2.05) is 0 Å². The van der Waals surface area contributed by atoms with Gasteiger partial charge in [-0.2, -0.15) is 13.2 Å². The highest BCUT2D eigenvalue weighted by molar-refractivity contribution is 6.31. The second kappa shape index (κ2) is 6.59. The Morgan fingerprint density at radius 2 is 1.89 bits per heavy atom. The second-order valence-corrected chi connectivity index (χ2v) is 4.97. The van der Waals surface area contributed by atoms with Gasteiger partial charge in [0.05, 0.1) is 0 Å². The molecule has 0 fully saturated rings. The highest BCUT2D eigenvalue weighted by Gasteiger charge is 2.45. The first-order chi connectivity index (χ1) is 8.77. The number of benzene rings is 1. The van der Waals surface area contributed by atoms with Gasteiger partial charge in [0.2, 0.25) is 0 Å². The lowest BCUT2D eigenvalue weighted by Crippen LogP contribution is -2.54. The van der Waals surface area contributed by atoms with Gasteiger partial charge in [-0.05, 0) is 25.1 Å². The van der Waals surface area contributed by atoms with Crippen molar-refractivity contribution in [2.24, 2.45) is 5.73 Å². The molecule has 1 aromatic rings. The van der Waals surface area contributed by atoms with E-state index in [0.29, 0.717) is 10.6 Å². The first-order valence-corrected chi connectivity index (χ1v) is 6.41. The molecule has 0 amide bonds. The van der Waals surface area contributed by atoms with Gasteiger partial charge in [0.1, 0.15) is 6.04 Å². The Hall–Kier alpha value is -0.780. The number of hydrogen-bond acceptors (Lipinski definition) is 2. The number of halogens is 4. The second-order valence-electron chi connectivity index (χ2n) is 4.57. The molecule has 0 saturated carbocycles. The summed E-state index contributed by atoms with van der Waals surface area (Å²) < 4.78 is 39.2. The Morgan fingerprint density at radius 1 is 1.32 bits per heavy atom. The highest BCUT2D eigenvalue weighted by atomic mass is 35.5. The average Bonchev–Trinajstić information content (AvgIpc) is 2.30. The maximum absolute atomic E-state index is 13.1. The van der Waals surface area contributed by atoms with Crippen molar-refractivity contribution in [2.45, 2.75) is 38.1 Å². The van der Waals surface area contributed by atoms with Crippen LogP contribution in [0.3, 0.4) is 0 Å². The first-order valence-electron chi connectivity index (χ1n) is 6.03. The van der Waals surface area contributed by atoms with Crippen LogP contribution in [-0.4, -0.2) is 30.2 Å². The zero-order valence-corrected chi connectivity index (χ0v) is 11.7. The van der Waals surface area contributed by atoms with E-state index in [0.717, 1.165) is 0 Å². The molecule has 2 N–H and O–H groups in total. The zero-order chi connectivity index (χ0) is 14.6. The number of alkyl halides is 3. The van der Waals surface area contributed by atoms with Crippen molar-refractivity contribution in [3.63, 3.8) is 0 Å². The summed E-state index contributed by atoms with van der Waals surface area (Å²) in [6.07, 6.45) is -4.09. The fourth-order valence-corrected chi connectivity index (χ4v) is 2.23. The molecule has 0 aliphatic carbocycles. The molecule has 2 unspecified atom stereocenters. The lowest BCUT2D eigenvalue weighted by Gasteiger charge is -2.33. The summed E-state index contributed by atoms with van der Waals surface area (Å²) in [6, 6.07) is 4.24. The maximum atomic E-state index is 13.1. The Balaban J connectivity index is 2.89. The summed E-state index contributed by atoms with van der Waals surface area (Å²) in [7, 11) is 1.41. The van der Waals surface area contributed by atoms with Crippen LogP contribution in [0.4, 0.5) is 13.2 Å². The van der Waals surface area contributed by atoms with Crippen LogP contribution in [0.5, 0.6) is 0 Å². The standard InChI is InChI=1S/C13H18ClF3N2/c1-3-11(18)12(13(15,16)17)19(2)8-9-6-4-5-7-10(9)14/h4-7,11-12H,3,8,18H2,1-2H3. The molecule has 1 rings (SSSR count). The molecule has 0 heterocycles. The van der Waals surface area contributed by atoms with Crippen molar-refractivity contribution < 1.29 is 13.2 Å². The molecule has 0 bridgehead atoms. The van der Waals surface area contributed by atoms with Gasteiger partial charge >= 0.3 is 6.18 Å². The molecule has 0 spiro atoms. The van der Waals surface area contributed by atoms with Crippen LogP contribution in [0.25, 0.3) is 0 Å². The third kappa shape index (κ3) is 4.37. The first kappa shape index (κ1) is 16.3. The Labute approximate surface area is 116 Å². The van der Waals surface area contributed by atoms with Crippen LogP contribution in [0.2, 0.25) is 5.02 Å². The minimum atomic E-state index is -4.36. The summed E-state index contributed by atoms with van der Waals surface area (Å²) in [5.74, 6) is 0. The number of likely N-dealkylation sites (N-methyl/N-ethyl adjacent to an activating group) is 1. The van der Waals surface area contributed by atoms with Crippen LogP contribution < -0.4 is 5.73 Å². The average molecular weight is 295 g/mol. The van der Waals surface area contributed by atoms with E-state index in [1.165, 1.54) is 11.9 Å². The Morgan fingerprint density at radius 3 is 2.37 bits per heavy atom. The topological polar surface area (TPSA) is 29.3 Å². The van der Waals surface area contributed by atoms with E-state index < -0.39 is 18.3 Å². The highest BCUT2D eigenvalue weighted by Crippen LogP contribution is 2.29. The Kier molecular flexibility index (Phi) is 5.64. The molecule has 0 aliphatic rings. The fourth-order valence-electron chi connectivity index (χ4n) is 2.04. The Bertz CT molecular complexity index is 409. The monoisotopic (exact) mass is 294 g/mol. The van der Waals surface area contributed by atoms with Crippen LogP contribution in [0.15, 0.2) is 24.3 Å². The molecule has 6 heteroatoms. The molecular formula is C13H18ClF3N2. The number of hydrogen-bond donors (Lipinski definition) is 1. The normalized spacial score (nSPS) is 15.6. The van der Waals surface area contributed by atoms with Crippen molar-refractivity contribution in [1.29, 1.82) is 0 Å². The van der Waals surface area contributed by atoms with Crippen molar-refractivity contribution in [3.8, 4) is 0 Å². The minimum Gasteiger partial charge on any atom is -0.326 e. The summed E-state index contributed by atoms with van der Waals surface area (Å²) in [4.78, 5) is 1.20. The third-order valence-corrected chi connectivity index (χ3v) is 3.43. The molecule has 0 aliphatic heterocycles. The van der Waals surface area contributed by atoms with Crippen molar-refractivity contribution in [1.82, 2.24) is 4.90 Å². The quantitative estimate of drug-likeness (QED) is 0.901. The van der Waals surface area contributed by atoms with E-state index in [-0.39, 0.29) is 13.0 Å². The molecule has 0 aromatic heterocycles. The number of rotatable bonds is 5. The van der Waals surface area contributed by atoms with Crippen LogP contribution in [0.1, 0.15) is 18.9 Å². The lowest BCUT2D eigenvalue weighted by molar-refractivity contribution is -0.187. The molecular weight excluding hydrogens is 277 g/mol. The van der Waals surface area contributed by atoms with Gasteiger partial charge in [-0.1, -0.05) is 36.7 Å². The molecule has 19 heavy (non-hydrogen) atoms. The van der Waals surface area contributed by atoms with Gasteiger partial charge in [-0.3, -0.25) is 4.90 Å². The van der Waals surface area contributed by atoms with Gasteiger partial charge in [-0.25, -0.2) is 0 Å². The SMILES string of the molecule is CCC(N)C(N(C)Cc1ccccc1Cl)C(F)(F)F. The van der Waals surface area contributed by atoms with Gasteiger partial charge in [0.15, 0.2) is 0 Å². The predicted molar refractivity (Wildman–Crippen MR) is 71.0 cm³/mol. The van der Waals surface area contributed by atoms with Crippen molar-refractivity contribution in [3.05, 3.63) is 34.9 Å². The third-order valence-electron chi connectivity index (χ3n) is 3.06. The molecule has 108 valence electrons. The van der Waals surface area contributed by atoms with Crippen molar-refractivity contribution in [2.75, 3.05) is 7.05 Å². The fraction of sp³-hybridized carbons (Fsp3) is 0.538. The minimum absolute atomic E-state index is 0.109. The van der Waals surface area contributed by atoms with Crippen LogP contribution >= 0.6 is 11.6 Å². The number of nitrogens with zero attached hydrogens (tertiary/aromatic N) is 1. The van der Waals surface area contributed by atoms with E-state index in [2.05, 4.69) is 0 Å². The molecule has 0 saturated heterocycles. The maximum Gasteiger partial charge on any atom is 0.405 e. The summed E-state index contributed by atoms with van der Waals surface area (Å²) in [6.45, 7) is 1.75. The van der Waals surface area contributed by atoms with Crippen molar-refractivity contribution >= 4 is 11.6 Å². The lowest BCUT2D eigenvalue weighted by atomic mass is 10.0.